The van der Waals surface area contributed by atoms with Crippen LogP contribution in [-0.2, 0) is 16.6 Å². The zero-order chi connectivity index (χ0) is 19.7. The van der Waals surface area contributed by atoms with Crippen LogP contribution in [0.5, 0.6) is 0 Å². The Labute approximate surface area is 165 Å². The highest BCUT2D eigenvalue weighted by Crippen LogP contribution is 2.30. The van der Waals surface area contributed by atoms with E-state index in [4.69, 9.17) is 0 Å². The van der Waals surface area contributed by atoms with Gasteiger partial charge in [-0.05, 0) is 48.2 Å². The number of carbonyl (C=O) groups is 2. The first kappa shape index (κ1) is 18.1. The van der Waals surface area contributed by atoms with Crippen molar-refractivity contribution < 1.29 is 14.3 Å². The Hall–Kier alpha value is -3.32. The van der Waals surface area contributed by atoms with Crippen molar-refractivity contribution in [2.75, 3.05) is 7.11 Å². The second-order valence-electron chi connectivity index (χ2n) is 6.23. The predicted molar refractivity (Wildman–Crippen MR) is 112 cm³/mol. The van der Waals surface area contributed by atoms with Gasteiger partial charge < -0.3 is 14.6 Å². The van der Waals surface area contributed by atoms with Crippen LogP contribution in [0.3, 0.4) is 0 Å². The molecule has 3 aromatic rings. The molecule has 0 atom stereocenters. The average Bonchev–Trinajstić information content (AvgIpc) is 3.21. The lowest BCUT2D eigenvalue weighted by atomic mass is 10.1. The fourth-order valence-electron chi connectivity index (χ4n) is 3.02. The second kappa shape index (κ2) is 7.36. The molecule has 1 fully saturated rings. The van der Waals surface area contributed by atoms with E-state index in [0.29, 0.717) is 21.3 Å². The number of aryl methyl sites for hydroxylation is 1. The molecule has 1 aliphatic rings. The topological polar surface area (TPSA) is 72.7 Å². The number of ether oxygens (including phenoxy) is 1. The van der Waals surface area contributed by atoms with Crippen molar-refractivity contribution in [3.05, 3.63) is 70.8 Å². The molecule has 0 bridgehead atoms. The summed E-state index contributed by atoms with van der Waals surface area (Å²) in [6, 6.07) is 14.8. The third-order valence-corrected chi connectivity index (χ3v) is 5.29. The molecule has 0 spiro atoms. The van der Waals surface area contributed by atoms with E-state index in [9.17, 15) is 9.59 Å². The minimum absolute atomic E-state index is 0.178. The quantitative estimate of drug-likeness (QED) is 0.544. The van der Waals surface area contributed by atoms with E-state index in [0.717, 1.165) is 16.5 Å². The molecule has 140 valence electrons. The predicted octanol–water partition coefficient (Wildman–Crippen LogP) is 3.86. The molecule has 1 aliphatic heterocycles. The minimum atomic E-state index is -0.400. The van der Waals surface area contributed by atoms with Crippen LogP contribution < -0.4 is 5.32 Å². The summed E-state index contributed by atoms with van der Waals surface area (Å²) in [6.07, 6.45) is 3.89. The van der Waals surface area contributed by atoms with Gasteiger partial charge >= 0.3 is 5.97 Å². The number of aromatic nitrogens is 1. The largest absolute Gasteiger partial charge is 0.465 e. The Kier molecular flexibility index (Phi) is 4.75. The number of amides is 1. The monoisotopic (exact) mass is 391 g/mol. The Balaban J connectivity index is 1.59. The molecule has 1 saturated heterocycles. The molecule has 1 N–H and O–H groups in total. The highest BCUT2D eigenvalue weighted by atomic mass is 32.2. The SMILES string of the molecule is COC(=O)c1ccc(N=C2NC(=O)/C(=C/c3cn(C)c4ccccc34)S2)cc1. The van der Waals surface area contributed by atoms with Crippen molar-refractivity contribution in [1.82, 2.24) is 9.88 Å². The van der Waals surface area contributed by atoms with Gasteiger partial charge in [0, 0.05) is 29.7 Å². The third-order valence-electron chi connectivity index (χ3n) is 4.38. The summed E-state index contributed by atoms with van der Waals surface area (Å²) < 4.78 is 6.72. The molecule has 28 heavy (non-hydrogen) atoms. The van der Waals surface area contributed by atoms with Crippen molar-refractivity contribution in [2.45, 2.75) is 0 Å². The van der Waals surface area contributed by atoms with Crippen LogP contribution >= 0.6 is 11.8 Å². The molecule has 0 radical (unpaired) electrons. The first-order chi connectivity index (χ1) is 13.5. The molecule has 1 aromatic heterocycles. The first-order valence-electron chi connectivity index (χ1n) is 8.57. The van der Waals surface area contributed by atoms with E-state index in [2.05, 4.69) is 15.0 Å². The van der Waals surface area contributed by atoms with Crippen molar-refractivity contribution >= 4 is 51.5 Å². The van der Waals surface area contributed by atoms with Gasteiger partial charge in [-0.1, -0.05) is 18.2 Å². The number of nitrogens with one attached hydrogen (secondary N) is 1. The van der Waals surface area contributed by atoms with Crippen LogP contribution in [0.1, 0.15) is 15.9 Å². The number of carbonyl (C=O) groups excluding carboxylic acids is 2. The summed E-state index contributed by atoms with van der Waals surface area (Å²) in [7, 11) is 3.32. The van der Waals surface area contributed by atoms with Crippen molar-refractivity contribution in [1.29, 1.82) is 0 Å². The van der Waals surface area contributed by atoms with Gasteiger partial charge in [0.25, 0.3) is 5.91 Å². The fraction of sp³-hybridized carbons (Fsp3) is 0.0952. The number of nitrogens with zero attached hydrogens (tertiary/aromatic N) is 2. The molecule has 0 aliphatic carbocycles. The summed E-state index contributed by atoms with van der Waals surface area (Å²) in [6.45, 7) is 0. The number of rotatable bonds is 3. The summed E-state index contributed by atoms with van der Waals surface area (Å²) in [5.41, 5.74) is 3.18. The molecule has 2 heterocycles. The number of fused-ring (bicyclic) bond motifs is 1. The third kappa shape index (κ3) is 3.44. The van der Waals surface area contributed by atoms with Crippen LogP contribution in [0.4, 0.5) is 5.69 Å². The molecule has 0 unspecified atom stereocenters. The lowest BCUT2D eigenvalue weighted by molar-refractivity contribution is -0.115. The van der Waals surface area contributed by atoms with E-state index >= 15 is 0 Å². The van der Waals surface area contributed by atoms with Gasteiger partial charge in [-0.15, -0.1) is 0 Å². The molecule has 7 heteroatoms. The van der Waals surface area contributed by atoms with Gasteiger partial charge in [-0.25, -0.2) is 9.79 Å². The van der Waals surface area contributed by atoms with E-state index in [1.807, 2.05) is 48.2 Å². The fourth-order valence-corrected chi connectivity index (χ4v) is 3.85. The zero-order valence-corrected chi connectivity index (χ0v) is 16.1. The maximum Gasteiger partial charge on any atom is 0.337 e. The smallest absolute Gasteiger partial charge is 0.337 e. The zero-order valence-electron chi connectivity index (χ0n) is 15.3. The van der Waals surface area contributed by atoms with Crippen molar-refractivity contribution in [3.8, 4) is 0 Å². The van der Waals surface area contributed by atoms with Gasteiger partial charge in [0.05, 0.1) is 23.3 Å². The average molecular weight is 391 g/mol. The van der Waals surface area contributed by atoms with Crippen molar-refractivity contribution in [2.24, 2.45) is 12.0 Å². The van der Waals surface area contributed by atoms with E-state index in [-0.39, 0.29) is 5.91 Å². The first-order valence-corrected chi connectivity index (χ1v) is 9.39. The van der Waals surface area contributed by atoms with Crippen molar-refractivity contribution in [3.63, 3.8) is 0 Å². The van der Waals surface area contributed by atoms with Gasteiger partial charge in [0.15, 0.2) is 5.17 Å². The number of thioether (sulfide) groups is 1. The maximum atomic E-state index is 12.4. The Morgan fingerprint density at radius 3 is 2.68 bits per heavy atom. The lowest BCUT2D eigenvalue weighted by Crippen LogP contribution is -2.19. The molecule has 0 saturated carbocycles. The lowest BCUT2D eigenvalue weighted by Gasteiger charge is -2.00. The molecular formula is C21H17N3O3S. The van der Waals surface area contributed by atoms with Crippen LogP contribution in [0.25, 0.3) is 17.0 Å². The highest BCUT2D eigenvalue weighted by molar-refractivity contribution is 8.18. The van der Waals surface area contributed by atoms with Gasteiger partial charge in [0.1, 0.15) is 0 Å². The van der Waals surface area contributed by atoms with E-state index in [1.54, 1.807) is 24.3 Å². The molecule has 1 amide bonds. The van der Waals surface area contributed by atoms with Crippen LogP contribution in [-0.4, -0.2) is 28.7 Å². The second-order valence-corrected chi connectivity index (χ2v) is 7.26. The van der Waals surface area contributed by atoms with Crippen LogP contribution in [0, 0.1) is 0 Å². The maximum absolute atomic E-state index is 12.4. The van der Waals surface area contributed by atoms with E-state index in [1.165, 1.54) is 18.9 Å². The summed E-state index contributed by atoms with van der Waals surface area (Å²) in [5.74, 6) is -0.578. The highest BCUT2D eigenvalue weighted by Gasteiger charge is 2.24. The number of amidine groups is 1. The Morgan fingerprint density at radius 1 is 1.18 bits per heavy atom. The number of hydrogen-bond acceptors (Lipinski definition) is 5. The molecule has 2 aromatic carbocycles. The number of aliphatic imine (C=N–C) groups is 1. The van der Waals surface area contributed by atoms with Gasteiger partial charge in [-0.3, -0.25) is 4.79 Å². The molecule has 6 nitrogen and oxygen atoms in total. The minimum Gasteiger partial charge on any atom is -0.465 e. The summed E-state index contributed by atoms with van der Waals surface area (Å²) in [4.78, 5) is 28.9. The Bertz CT molecular complexity index is 1140. The number of para-hydroxylation sites is 1. The summed E-state index contributed by atoms with van der Waals surface area (Å²) in [5, 5.41) is 4.38. The van der Waals surface area contributed by atoms with Gasteiger partial charge in [0.2, 0.25) is 0 Å². The normalized spacial score (nSPS) is 16.7. The molecule has 4 rings (SSSR count). The number of hydrogen-bond donors (Lipinski definition) is 1. The van der Waals surface area contributed by atoms with Crippen LogP contribution in [0.15, 0.2) is 64.6 Å². The number of esters is 1. The number of benzene rings is 2. The standard InChI is InChI=1S/C21H17N3O3S/c1-24-12-14(16-5-3-4-6-17(16)24)11-18-19(25)23-21(28-18)22-15-9-7-13(8-10-15)20(26)27-2/h3-12H,1-2H3,(H,22,23,25)/b18-11-. The number of methoxy groups -OCH3 is 1. The van der Waals surface area contributed by atoms with E-state index < -0.39 is 5.97 Å². The van der Waals surface area contributed by atoms with Gasteiger partial charge in [-0.2, -0.15) is 0 Å². The molecular weight excluding hydrogens is 374 g/mol. The summed E-state index contributed by atoms with van der Waals surface area (Å²) >= 11 is 1.29. The Morgan fingerprint density at radius 2 is 1.93 bits per heavy atom. The van der Waals surface area contributed by atoms with Crippen LogP contribution in [0.2, 0.25) is 0 Å².